The molecule has 0 unspecified atom stereocenters. The number of aryl methyl sites for hydroxylation is 2. The molecule has 0 radical (unpaired) electrons. The number of benzene rings is 2. The zero-order valence-corrected chi connectivity index (χ0v) is 20.0. The highest BCUT2D eigenvalue weighted by Crippen LogP contribution is 2.28. The van der Waals surface area contributed by atoms with Crippen molar-refractivity contribution in [1.82, 2.24) is 15.3 Å². The fourth-order valence-corrected chi connectivity index (χ4v) is 4.57. The number of hydrogen-bond acceptors (Lipinski definition) is 5. The van der Waals surface area contributed by atoms with Crippen molar-refractivity contribution in [2.75, 3.05) is 36.2 Å². The predicted octanol–water partition coefficient (Wildman–Crippen LogP) is 5.11. The van der Waals surface area contributed by atoms with Gasteiger partial charge in [-0.3, -0.25) is 0 Å². The van der Waals surface area contributed by atoms with Gasteiger partial charge in [-0.1, -0.05) is 30.3 Å². The van der Waals surface area contributed by atoms with E-state index in [1.807, 2.05) is 69.2 Å². The standard InChI is InChI=1S/C26H34N6O/c1-17-8-7-9-18(2)23(17)30-26(33)27-16-19-12-14-20(15-13-19)28-25-29-22-11-6-5-10-21(22)24(31-25)32(3)4/h5-11,19-20H,12-16H2,1-4H3,(H2,27,30,33)(H,28,29,31)/t19-,20+. The van der Waals surface area contributed by atoms with E-state index in [0.29, 0.717) is 24.5 Å². The predicted molar refractivity (Wildman–Crippen MR) is 136 cm³/mol. The van der Waals surface area contributed by atoms with Crippen LogP contribution in [0.5, 0.6) is 0 Å². The molecule has 0 atom stereocenters. The summed E-state index contributed by atoms with van der Waals surface area (Å²) in [6, 6.07) is 14.4. The van der Waals surface area contributed by atoms with Crippen molar-refractivity contribution in [3.8, 4) is 0 Å². The first-order chi connectivity index (χ1) is 15.9. The Hall–Kier alpha value is -3.35. The van der Waals surface area contributed by atoms with E-state index in [2.05, 4.69) is 22.0 Å². The second-order valence-corrected chi connectivity index (χ2v) is 9.25. The van der Waals surface area contributed by atoms with Crippen molar-refractivity contribution in [3.63, 3.8) is 0 Å². The van der Waals surface area contributed by atoms with Crippen molar-refractivity contribution >= 4 is 34.4 Å². The van der Waals surface area contributed by atoms with Gasteiger partial charge in [0.2, 0.25) is 5.95 Å². The molecule has 2 amide bonds. The lowest BCUT2D eigenvalue weighted by molar-refractivity contribution is 0.246. The minimum Gasteiger partial charge on any atom is -0.362 e. The number of amides is 2. The summed E-state index contributed by atoms with van der Waals surface area (Å²) in [7, 11) is 4.01. The van der Waals surface area contributed by atoms with E-state index in [1.54, 1.807) is 0 Å². The molecule has 1 saturated carbocycles. The smallest absolute Gasteiger partial charge is 0.319 e. The summed E-state index contributed by atoms with van der Waals surface area (Å²) in [4.78, 5) is 23.9. The summed E-state index contributed by atoms with van der Waals surface area (Å²) >= 11 is 0. The summed E-state index contributed by atoms with van der Waals surface area (Å²) in [6.45, 7) is 4.72. The Bertz CT molecular complexity index is 1100. The van der Waals surface area contributed by atoms with Crippen molar-refractivity contribution < 1.29 is 4.79 Å². The van der Waals surface area contributed by atoms with Gasteiger partial charge in [0.15, 0.2) is 0 Å². The van der Waals surface area contributed by atoms with Crippen LogP contribution in [0.15, 0.2) is 42.5 Å². The second kappa shape index (κ2) is 10.1. The number of carbonyl (C=O) groups excluding carboxylic acids is 1. The highest BCUT2D eigenvalue weighted by atomic mass is 16.2. The molecule has 1 aliphatic rings. The first-order valence-electron chi connectivity index (χ1n) is 11.7. The van der Waals surface area contributed by atoms with E-state index in [1.165, 1.54) is 0 Å². The largest absolute Gasteiger partial charge is 0.362 e. The number of anilines is 3. The number of carbonyl (C=O) groups is 1. The lowest BCUT2D eigenvalue weighted by Gasteiger charge is -2.29. The fourth-order valence-electron chi connectivity index (χ4n) is 4.57. The molecule has 2 aromatic carbocycles. The minimum atomic E-state index is -0.131. The average Bonchev–Trinajstić information content (AvgIpc) is 2.80. The molecule has 0 aliphatic heterocycles. The molecule has 7 heteroatoms. The lowest BCUT2D eigenvalue weighted by atomic mass is 9.86. The Balaban J connectivity index is 1.28. The van der Waals surface area contributed by atoms with E-state index >= 15 is 0 Å². The number of rotatable bonds is 6. The van der Waals surface area contributed by atoms with E-state index in [-0.39, 0.29) is 6.03 Å². The first-order valence-corrected chi connectivity index (χ1v) is 11.7. The minimum absolute atomic E-state index is 0.131. The molecule has 33 heavy (non-hydrogen) atoms. The number of nitrogens with zero attached hydrogens (tertiary/aromatic N) is 3. The molecule has 3 N–H and O–H groups in total. The van der Waals surface area contributed by atoms with E-state index < -0.39 is 0 Å². The van der Waals surface area contributed by atoms with E-state index in [9.17, 15) is 4.79 Å². The van der Waals surface area contributed by atoms with Crippen LogP contribution >= 0.6 is 0 Å². The van der Waals surface area contributed by atoms with Crippen LogP contribution in [0.2, 0.25) is 0 Å². The third kappa shape index (κ3) is 5.53. The van der Waals surface area contributed by atoms with Gasteiger partial charge in [-0.25, -0.2) is 9.78 Å². The van der Waals surface area contributed by atoms with Crippen molar-refractivity contribution in [2.24, 2.45) is 5.92 Å². The second-order valence-electron chi connectivity index (χ2n) is 9.25. The highest BCUT2D eigenvalue weighted by molar-refractivity contribution is 5.91. The Morgan fingerprint density at radius 3 is 2.36 bits per heavy atom. The van der Waals surface area contributed by atoms with Gasteiger partial charge < -0.3 is 20.9 Å². The average molecular weight is 447 g/mol. The number of nitrogens with one attached hydrogen (secondary N) is 3. The van der Waals surface area contributed by atoms with Crippen LogP contribution in [0.4, 0.5) is 22.2 Å². The van der Waals surface area contributed by atoms with Crippen molar-refractivity contribution in [3.05, 3.63) is 53.6 Å². The van der Waals surface area contributed by atoms with Gasteiger partial charge in [0.25, 0.3) is 0 Å². The molecule has 1 heterocycles. The Morgan fingerprint density at radius 2 is 1.67 bits per heavy atom. The molecular formula is C26H34N6O. The normalized spacial score (nSPS) is 18.1. The monoisotopic (exact) mass is 446 g/mol. The number of para-hydroxylation sites is 2. The van der Waals surface area contributed by atoms with Gasteiger partial charge in [0.1, 0.15) is 5.82 Å². The number of urea groups is 1. The Labute approximate surface area is 196 Å². The Kier molecular flexibility index (Phi) is 6.96. The van der Waals surface area contributed by atoms with Crippen LogP contribution in [-0.4, -0.2) is 42.7 Å². The summed E-state index contributed by atoms with van der Waals surface area (Å²) in [5.74, 6) is 2.10. The quantitative estimate of drug-likeness (QED) is 0.490. The summed E-state index contributed by atoms with van der Waals surface area (Å²) in [5.41, 5.74) is 4.00. The van der Waals surface area contributed by atoms with Crippen molar-refractivity contribution in [1.29, 1.82) is 0 Å². The van der Waals surface area contributed by atoms with E-state index in [4.69, 9.17) is 9.97 Å². The number of hydrogen-bond donors (Lipinski definition) is 3. The maximum Gasteiger partial charge on any atom is 0.319 e. The maximum atomic E-state index is 12.4. The molecule has 0 saturated heterocycles. The van der Waals surface area contributed by atoms with Crippen LogP contribution in [0, 0.1) is 19.8 Å². The van der Waals surface area contributed by atoms with Gasteiger partial charge in [0.05, 0.1) is 5.52 Å². The van der Waals surface area contributed by atoms with E-state index in [0.717, 1.165) is 59.2 Å². The van der Waals surface area contributed by atoms with Crippen LogP contribution < -0.4 is 20.9 Å². The molecule has 0 bridgehead atoms. The molecule has 1 aromatic heterocycles. The highest BCUT2D eigenvalue weighted by Gasteiger charge is 2.23. The molecule has 3 aromatic rings. The zero-order chi connectivity index (χ0) is 23.4. The molecule has 1 fully saturated rings. The topological polar surface area (TPSA) is 82.2 Å². The third-order valence-corrected chi connectivity index (χ3v) is 6.46. The molecule has 1 aliphatic carbocycles. The Morgan fingerprint density at radius 1 is 0.970 bits per heavy atom. The molecule has 174 valence electrons. The zero-order valence-electron chi connectivity index (χ0n) is 20.0. The lowest BCUT2D eigenvalue weighted by Crippen LogP contribution is -2.36. The number of aromatic nitrogens is 2. The summed E-state index contributed by atoms with van der Waals surface area (Å²) < 4.78 is 0. The van der Waals surface area contributed by atoms with Gasteiger partial charge in [-0.15, -0.1) is 0 Å². The van der Waals surface area contributed by atoms with Gasteiger partial charge in [-0.2, -0.15) is 4.98 Å². The van der Waals surface area contributed by atoms with Crippen LogP contribution in [0.1, 0.15) is 36.8 Å². The fraction of sp³-hybridized carbons (Fsp3) is 0.423. The SMILES string of the molecule is Cc1cccc(C)c1NC(=O)NC[C@H]1CC[C@@H](Nc2nc(N(C)C)c3ccccc3n2)CC1. The van der Waals surface area contributed by atoms with Crippen LogP contribution in [-0.2, 0) is 0 Å². The first kappa shape index (κ1) is 22.8. The number of fused-ring (bicyclic) bond motifs is 1. The van der Waals surface area contributed by atoms with Gasteiger partial charge >= 0.3 is 6.03 Å². The van der Waals surface area contributed by atoms with Gasteiger partial charge in [-0.05, 0) is 68.7 Å². The summed E-state index contributed by atoms with van der Waals surface area (Å²) in [5, 5.41) is 10.7. The summed E-state index contributed by atoms with van der Waals surface area (Å²) in [6.07, 6.45) is 4.21. The van der Waals surface area contributed by atoms with Crippen LogP contribution in [0.25, 0.3) is 10.9 Å². The molecule has 0 spiro atoms. The molecular weight excluding hydrogens is 412 g/mol. The van der Waals surface area contributed by atoms with Gasteiger partial charge in [0, 0.05) is 37.8 Å². The molecule has 7 nitrogen and oxygen atoms in total. The van der Waals surface area contributed by atoms with Crippen molar-refractivity contribution in [2.45, 2.75) is 45.6 Å². The van der Waals surface area contributed by atoms with Crippen LogP contribution in [0.3, 0.4) is 0 Å². The maximum absolute atomic E-state index is 12.4. The molecule has 4 rings (SSSR count). The third-order valence-electron chi connectivity index (χ3n) is 6.46.